The maximum absolute atomic E-state index is 12.5. The predicted octanol–water partition coefficient (Wildman–Crippen LogP) is 2.61. The molecule has 3 rings (SSSR count). The van der Waals surface area contributed by atoms with Crippen molar-refractivity contribution in [3.05, 3.63) is 41.2 Å². The third kappa shape index (κ3) is 3.81. The standard InChI is InChI=1S/C18H22N4O3/c1-4-22(5-2)17(23)14-8-12(3)20-18(21-14)19-10-13-6-7-15-16(9-13)25-11-24-15/h6-9H,4-5,10-11H2,1-3H3,(H,19,20,21). The highest BCUT2D eigenvalue weighted by Crippen LogP contribution is 2.32. The SMILES string of the molecule is CCN(CC)C(=O)c1cc(C)nc(NCc2ccc3c(c2)OCO3)n1. The number of aryl methyl sites for hydroxylation is 1. The van der Waals surface area contributed by atoms with Gasteiger partial charge in [-0.3, -0.25) is 4.79 Å². The molecule has 1 amide bonds. The Morgan fingerprint density at radius 1 is 1.16 bits per heavy atom. The Labute approximate surface area is 147 Å². The van der Waals surface area contributed by atoms with Crippen molar-refractivity contribution in [1.29, 1.82) is 0 Å². The van der Waals surface area contributed by atoms with Gasteiger partial charge in [-0.2, -0.15) is 0 Å². The number of nitrogens with one attached hydrogen (secondary N) is 1. The summed E-state index contributed by atoms with van der Waals surface area (Å²) in [5.74, 6) is 1.85. The number of nitrogens with zero attached hydrogens (tertiary/aromatic N) is 3. The number of hydrogen-bond acceptors (Lipinski definition) is 6. The van der Waals surface area contributed by atoms with Crippen molar-refractivity contribution in [2.45, 2.75) is 27.3 Å². The second kappa shape index (κ2) is 7.38. The molecule has 0 atom stereocenters. The third-order valence-corrected chi connectivity index (χ3v) is 4.01. The lowest BCUT2D eigenvalue weighted by Crippen LogP contribution is -2.31. The summed E-state index contributed by atoms with van der Waals surface area (Å²) in [6.07, 6.45) is 0. The van der Waals surface area contributed by atoms with Crippen LogP contribution in [0.5, 0.6) is 11.5 Å². The van der Waals surface area contributed by atoms with Crippen LogP contribution in [-0.4, -0.2) is 40.7 Å². The first-order valence-corrected chi connectivity index (χ1v) is 8.38. The van der Waals surface area contributed by atoms with Crippen LogP contribution in [0.3, 0.4) is 0 Å². The maximum Gasteiger partial charge on any atom is 0.272 e. The van der Waals surface area contributed by atoms with E-state index >= 15 is 0 Å². The second-order valence-electron chi connectivity index (χ2n) is 5.74. The molecule has 2 aromatic rings. The van der Waals surface area contributed by atoms with E-state index in [-0.39, 0.29) is 12.7 Å². The molecule has 25 heavy (non-hydrogen) atoms. The molecule has 7 heteroatoms. The molecule has 2 heterocycles. The lowest BCUT2D eigenvalue weighted by molar-refractivity contribution is 0.0767. The normalized spacial score (nSPS) is 12.1. The zero-order valence-corrected chi connectivity index (χ0v) is 14.7. The third-order valence-electron chi connectivity index (χ3n) is 4.01. The Hall–Kier alpha value is -2.83. The molecule has 7 nitrogen and oxygen atoms in total. The van der Waals surface area contributed by atoms with Crippen LogP contribution in [0.2, 0.25) is 0 Å². The van der Waals surface area contributed by atoms with Crippen molar-refractivity contribution in [2.75, 3.05) is 25.2 Å². The molecule has 1 aromatic heterocycles. The van der Waals surface area contributed by atoms with E-state index < -0.39 is 0 Å². The highest BCUT2D eigenvalue weighted by atomic mass is 16.7. The van der Waals surface area contributed by atoms with Gasteiger partial charge in [-0.05, 0) is 44.5 Å². The molecule has 1 aromatic carbocycles. The minimum Gasteiger partial charge on any atom is -0.454 e. The number of benzene rings is 1. The molecule has 132 valence electrons. The quantitative estimate of drug-likeness (QED) is 0.869. The second-order valence-corrected chi connectivity index (χ2v) is 5.74. The van der Waals surface area contributed by atoms with Gasteiger partial charge in [-0.25, -0.2) is 9.97 Å². The van der Waals surface area contributed by atoms with Crippen LogP contribution in [0.4, 0.5) is 5.95 Å². The highest BCUT2D eigenvalue weighted by molar-refractivity contribution is 5.92. The molecule has 0 saturated carbocycles. The summed E-state index contributed by atoms with van der Waals surface area (Å²) in [5, 5.41) is 3.17. The highest BCUT2D eigenvalue weighted by Gasteiger charge is 2.16. The number of hydrogen-bond donors (Lipinski definition) is 1. The van der Waals surface area contributed by atoms with Crippen LogP contribution >= 0.6 is 0 Å². The lowest BCUT2D eigenvalue weighted by atomic mass is 10.2. The van der Waals surface area contributed by atoms with E-state index in [0.717, 1.165) is 22.8 Å². The topological polar surface area (TPSA) is 76.6 Å². The molecule has 1 aliphatic heterocycles. The zero-order chi connectivity index (χ0) is 17.8. The Morgan fingerprint density at radius 2 is 1.92 bits per heavy atom. The van der Waals surface area contributed by atoms with Crippen molar-refractivity contribution < 1.29 is 14.3 Å². The monoisotopic (exact) mass is 342 g/mol. The number of carbonyl (C=O) groups is 1. The van der Waals surface area contributed by atoms with E-state index in [9.17, 15) is 4.79 Å². The first-order chi connectivity index (χ1) is 12.1. The molecule has 0 unspecified atom stereocenters. The lowest BCUT2D eigenvalue weighted by Gasteiger charge is -2.18. The van der Waals surface area contributed by atoms with Gasteiger partial charge in [0.15, 0.2) is 11.5 Å². The van der Waals surface area contributed by atoms with E-state index in [4.69, 9.17) is 9.47 Å². The molecule has 0 radical (unpaired) electrons. The number of anilines is 1. The van der Waals surface area contributed by atoms with Crippen LogP contribution in [0, 0.1) is 6.92 Å². The molecular weight excluding hydrogens is 320 g/mol. The minimum atomic E-state index is -0.0818. The summed E-state index contributed by atoms with van der Waals surface area (Å²) in [6.45, 7) is 7.84. The van der Waals surface area contributed by atoms with Crippen LogP contribution in [-0.2, 0) is 6.54 Å². The average Bonchev–Trinajstić information content (AvgIpc) is 3.08. The Bertz CT molecular complexity index is 775. The Kier molecular flexibility index (Phi) is 5.02. The molecule has 0 fully saturated rings. The number of fused-ring (bicyclic) bond motifs is 1. The van der Waals surface area contributed by atoms with E-state index in [1.54, 1.807) is 11.0 Å². The van der Waals surface area contributed by atoms with Crippen molar-refractivity contribution in [2.24, 2.45) is 0 Å². The van der Waals surface area contributed by atoms with Crippen LogP contribution in [0.1, 0.15) is 35.6 Å². The van der Waals surface area contributed by atoms with Crippen molar-refractivity contribution in [1.82, 2.24) is 14.9 Å². The molecule has 0 spiro atoms. The smallest absolute Gasteiger partial charge is 0.272 e. The fourth-order valence-electron chi connectivity index (χ4n) is 2.66. The number of ether oxygens (including phenoxy) is 2. The summed E-state index contributed by atoms with van der Waals surface area (Å²) < 4.78 is 10.7. The van der Waals surface area contributed by atoms with Gasteiger partial charge in [0.05, 0.1) is 0 Å². The van der Waals surface area contributed by atoms with Crippen LogP contribution in [0.15, 0.2) is 24.3 Å². The van der Waals surface area contributed by atoms with Crippen molar-refractivity contribution >= 4 is 11.9 Å². The first kappa shape index (κ1) is 17.0. The van der Waals surface area contributed by atoms with Gasteiger partial charge in [-0.15, -0.1) is 0 Å². The van der Waals surface area contributed by atoms with Gasteiger partial charge < -0.3 is 19.7 Å². The fraction of sp³-hybridized carbons (Fsp3) is 0.389. The van der Waals surface area contributed by atoms with Crippen molar-refractivity contribution in [3.8, 4) is 11.5 Å². The first-order valence-electron chi connectivity index (χ1n) is 8.38. The molecule has 1 aliphatic rings. The number of rotatable bonds is 6. The van der Waals surface area contributed by atoms with E-state index in [1.165, 1.54) is 0 Å². The summed E-state index contributed by atoms with van der Waals surface area (Å²) in [7, 11) is 0. The summed E-state index contributed by atoms with van der Waals surface area (Å²) in [5.41, 5.74) is 2.18. The van der Waals surface area contributed by atoms with E-state index in [2.05, 4.69) is 15.3 Å². The number of carbonyl (C=O) groups excluding carboxylic acids is 1. The molecule has 0 bridgehead atoms. The molecule has 0 aliphatic carbocycles. The average molecular weight is 342 g/mol. The number of aromatic nitrogens is 2. The number of amides is 1. The summed E-state index contributed by atoms with van der Waals surface area (Å²) in [4.78, 5) is 23.0. The Balaban J connectivity index is 1.73. The van der Waals surface area contributed by atoms with Gasteiger partial charge in [0, 0.05) is 25.3 Å². The van der Waals surface area contributed by atoms with Crippen LogP contribution < -0.4 is 14.8 Å². The summed E-state index contributed by atoms with van der Waals surface area (Å²) in [6, 6.07) is 7.48. The summed E-state index contributed by atoms with van der Waals surface area (Å²) >= 11 is 0. The van der Waals surface area contributed by atoms with Gasteiger partial charge in [-0.1, -0.05) is 6.07 Å². The van der Waals surface area contributed by atoms with Gasteiger partial charge in [0.2, 0.25) is 12.7 Å². The molecule has 1 N–H and O–H groups in total. The maximum atomic E-state index is 12.5. The fourth-order valence-corrected chi connectivity index (χ4v) is 2.66. The molecule has 0 saturated heterocycles. The minimum absolute atomic E-state index is 0.0818. The van der Waals surface area contributed by atoms with Crippen LogP contribution in [0.25, 0.3) is 0 Å². The van der Waals surface area contributed by atoms with E-state index in [0.29, 0.717) is 31.3 Å². The van der Waals surface area contributed by atoms with Crippen molar-refractivity contribution in [3.63, 3.8) is 0 Å². The predicted molar refractivity (Wildman–Crippen MR) is 93.9 cm³/mol. The Morgan fingerprint density at radius 3 is 2.68 bits per heavy atom. The van der Waals surface area contributed by atoms with Gasteiger partial charge in [0.25, 0.3) is 5.91 Å². The largest absolute Gasteiger partial charge is 0.454 e. The van der Waals surface area contributed by atoms with E-state index in [1.807, 2.05) is 39.0 Å². The molecular formula is C18H22N4O3. The zero-order valence-electron chi connectivity index (χ0n) is 14.7. The van der Waals surface area contributed by atoms with Gasteiger partial charge >= 0.3 is 0 Å². The van der Waals surface area contributed by atoms with Gasteiger partial charge in [0.1, 0.15) is 5.69 Å².